The Morgan fingerprint density at radius 1 is 1.43 bits per heavy atom. The van der Waals surface area contributed by atoms with Gasteiger partial charge in [-0.25, -0.2) is 0 Å². The third-order valence-electron chi connectivity index (χ3n) is 2.35. The minimum absolute atomic E-state index is 0.846. The first-order valence-corrected chi connectivity index (χ1v) is 5.12. The van der Waals surface area contributed by atoms with E-state index in [2.05, 4.69) is 19.6 Å². The lowest BCUT2D eigenvalue weighted by atomic mass is 9.92. The van der Waals surface area contributed by atoms with Crippen molar-refractivity contribution in [2.24, 2.45) is 0 Å². The molecule has 1 aromatic rings. The molecule has 0 saturated heterocycles. The molecule has 0 aliphatic heterocycles. The standard InChI is InChI=1S/C13H18N/c1-3-5-8-11(4-2)12-9-6-7-10-13(12)14/h4,6-7,9-10H,2-3,5,8,14H2,1H3. The van der Waals surface area contributed by atoms with Crippen LogP contribution in [0.4, 0.5) is 5.69 Å². The normalized spacial score (nSPS) is 10.4. The van der Waals surface area contributed by atoms with Crippen LogP contribution in [0, 0.1) is 5.92 Å². The Balaban J connectivity index is 2.78. The van der Waals surface area contributed by atoms with Gasteiger partial charge in [0.05, 0.1) is 0 Å². The SMILES string of the molecule is C=C[C](CCCC)c1ccccc1N. The molecule has 1 radical (unpaired) electrons. The molecule has 0 aliphatic carbocycles. The lowest BCUT2D eigenvalue weighted by Gasteiger charge is -2.13. The van der Waals surface area contributed by atoms with Crippen LogP contribution in [-0.4, -0.2) is 0 Å². The van der Waals surface area contributed by atoms with Crippen LogP contribution in [0.1, 0.15) is 31.7 Å². The third-order valence-corrected chi connectivity index (χ3v) is 2.35. The van der Waals surface area contributed by atoms with E-state index >= 15 is 0 Å². The molecule has 0 amide bonds. The topological polar surface area (TPSA) is 26.0 Å². The van der Waals surface area contributed by atoms with Gasteiger partial charge in [0.1, 0.15) is 0 Å². The molecule has 0 aliphatic rings. The zero-order valence-electron chi connectivity index (χ0n) is 8.79. The maximum atomic E-state index is 5.90. The Hall–Kier alpha value is -1.24. The number of nitrogens with two attached hydrogens (primary N) is 1. The van der Waals surface area contributed by atoms with Crippen molar-refractivity contribution in [1.29, 1.82) is 0 Å². The molecule has 1 aromatic carbocycles. The highest BCUT2D eigenvalue weighted by Gasteiger charge is 2.09. The molecule has 1 heteroatoms. The van der Waals surface area contributed by atoms with Crippen molar-refractivity contribution < 1.29 is 0 Å². The van der Waals surface area contributed by atoms with Crippen molar-refractivity contribution in [3.63, 3.8) is 0 Å². The van der Waals surface area contributed by atoms with E-state index < -0.39 is 0 Å². The molecule has 14 heavy (non-hydrogen) atoms. The van der Waals surface area contributed by atoms with E-state index in [1.807, 2.05) is 24.3 Å². The highest BCUT2D eigenvalue weighted by molar-refractivity contribution is 5.55. The summed E-state index contributed by atoms with van der Waals surface area (Å²) >= 11 is 0. The summed E-state index contributed by atoms with van der Waals surface area (Å²) < 4.78 is 0. The maximum Gasteiger partial charge on any atom is 0.0355 e. The first-order chi connectivity index (χ1) is 6.79. The quantitative estimate of drug-likeness (QED) is 0.702. The van der Waals surface area contributed by atoms with Gasteiger partial charge in [0, 0.05) is 11.6 Å². The van der Waals surface area contributed by atoms with Gasteiger partial charge in [-0.15, -0.1) is 6.58 Å². The van der Waals surface area contributed by atoms with Crippen LogP contribution in [0.5, 0.6) is 0 Å². The van der Waals surface area contributed by atoms with Crippen LogP contribution in [0.3, 0.4) is 0 Å². The fourth-order valence-corrected chi connectivity index (χ4v) is 1.50. The highest BCUT2D eigenvalue weighted by Crippen LogP contribution is 2.26. The van der Waals surface area contributed by atoms with E-state index in [9.17, 15) is 0 Å². The number of hydrogen-bond acceptors (Lipinski definition) is 1. The minimum atomic E-state index is 0.846. The highest BCUT2D eigenvalue weighted by atomic mass is 14.6. The molecule has 0 spiro atoms. The molecule has 0 bridgehead atoms. The van der Waals surface area contributed by atoms with Gasteiger partial charge in [0.25, 0.3) is 0 Å². The average Bonchev–Trinajstić information content (AvgIpc) is 2.21. The number of allylic oxidation sites excluding steroid dienone is 1. The van der Waals surface area contributed by atoms with Gasteiger partial charge >= 0.3 is 0 Å². The molecule has 2 N–H and O–H groups in total. The second kappa shape index (κ2) is 5.48. The Morgan fingerprint density at radius 3 is 2.71 bits per heavy atom. The number of rotatable bonds is 5. The van der Waals surface area contributed by atoms with E-state index in [1.165, 1.54) is 18.8 Å². The summed E-state index contributed by atoms with van der Waals surface area (Å²) in [5.41, 5.74) is 7.88. The van der Waals surface area contributed by atoms with Crippen molar-refractivity contribution in [2.75, 3.05) is 5.73 Å². The lowest BCUT2D eigenvalue weighted by Crippen LogP contribution is -2.00. The summed E-state index contributed by atoms with van der Waals surface area (Å²) in [4.78, 5) is 0. The Morgan fingerprint density at radius 2 is 2.14 bits per heavy atom. The number of anilines is 1. The molecule has 1 nitrogen and oxygen atoms in total. The molecular formula is C13H18N. The predicted molar refractivity (Wildman–Crippen MR) is 62.9 cm³/mol. The van der Waals surface area contributed by atoms with Gasteiger partial charge in [-0.2, -0.15) is 0 Å². The van der Waals surface area contributed by atoms with Gasteiger partial charge in [-0.05, 0) is 18.1 Å². The molecule has 0 heterocycles. The zero-order valence-corrected chi connectivity index (χ0v) is 8.79. The number of nitrogen functional groups attached to an aromatic ring is 1. The Labute approximate surface area is 86.6 Å². The van der Waals surface area contributed by atoms with E-state index in [1.54, 1.807) is 0 Å². The summed E-state index contributed by atoms with van der Waals surface area (Å²) in [5, 5.41) is 0. The van der Waals surface area contributed by atoms with Crippen molar-refractivity contribution in [3.8, 4) is 0 Å². The van der Waals surface area contributed by atoms with Gasteiger partial charge in [0.2, 0.25) is 0 Å². The predicted octanol–water partition coefficient (Wildman–Crippen LogP) is 3.57. The van der Waals surface area contributed by atoms with E-state index in [0.717, 1.165) is 17.7 Å². The van der Waals surface area contributed by atoms with E-state index in [-0.39, 0.29) is 0 Å². The molecule has 0 atom stereocenters. The largest absolute Gasteiger partial charge is 0.398 e. The third kappa shape index (κ3) is 2.63. The molecule has 0 fully saturated rings. The number of hydrogen-bond donors (Lipinski definition) is 1. The smallest absolute Gasteiger partial charge is 0.0355 e. The van der Waals surface area contributed by atoms with Crippen LogP contribution in [0.25, 0.3) is 0 Å². The summed E-state index contributed by atoms with van der Waals surface area (Å²) in [6.07, 6.45) is 5.37. The van der Waals surface area contributed by atoms with Gasteiger partial charge in [-0.1, -0.05) is 44.0 Å². The van der Waals surface area contributed by atoms with Gasteiger partial charge in [-0.3, -0.25) is 0 Å². The monoisotopic (exact) mass is 188 g/mol. The summed E-state index contributed by atoms with van der Waals surface area (Å²) in [7, 11) is 0. The van der Waals surface area contributed by atoms with Gasteiger partial charge < -0.3 is 5.73 Å². The number of benzene rings is 1. The first-order valence-electron chi connectivity index (χ1n) is 5.12. The van der Waals surface area contributed by atoms with E-state index in [4.69, 9.17) is 5.73 Å². The second-order valence-corrected chi connectivity index (χ2v) is 3.42. The van der Waals surface area contributed by atoms with E-state index in [0.29, 0.717) is 0 Å². The molecular weight excluding hydrogens is 170 g/mol. The van der Waals surface area contributed by atoms with Crippen LogP contribution in [0.2, 0.25) is 0 Å². The molecule has 1 rings (SSSR count). The van der Waals surface area contributed by atoms with Crippen LogP contribution < -0.4 is 5.73 Å². The number of unbranched alkanes of at least 4 members (excludes halogenated alkanes) is 1. The van der Waals surface area contributed by atoms with Gasteiger partial charge in [0.15, 0.2) is 0 Å². The van der Waals surface area contributed by atoms with Crippen molar-refractivity contribution in [3.05, 3.63) is 48.4 Å². The lowest BCUT2D eigenvalue weighted by molar-refractivity contribution is 0.762. The summed E-state index contributed by atoms with van der Waals surface area (Å²) in [6, 6.07) is 7.97. The second-order valence-electron chi connectivity index (χ2n) is 3.42. The summed E-state index contributed by atoms with van der Waals surface area (Å²) in [5.74, 6) is 1.25. The average molecular weight is 188 g/mol. The Kier molecular flexibility index (Phi) is 4.24. The minimum Gasteiger partial charge on any atom is -0.398 e. The van der Waals surface area contributed by atoms with Crippen molar-refractivity contribution in [1.82, 2.24) is 0 Å². The maximum absolute atomic E-state index is 5.90. The summed E-state index contributed by atoms with van der Waals surface area (Å²) in [6.45, 7) is 6.03. The van der Waals surface area contributed by atoms with Crippen molar-refractivity contribution in [2.45, 2.75) is 26.2 Å². The molecule has 0 unspecified atom stereocenters. The zero-order chi connectivity index (χ0) is 10.4. The van der Waals surface area contributed by atoms with Crippen molar-refractivity contribution >= 4 is 5.69 Å². The van der Waals surface area contributed by atoms with Crippen LogP contribution in [-0.2, 0) is 0 Å². The number of para-hydroxylation sites is 1. The molecule has 0 saturated carbocycles. The fourth-order valence-electron chi connectivity index (χ4n) is 1.50. The van der Waals surface area contributed by atoms with Crippen LogP contribution >= 0.6 is 0 Å². The first kappa shape index (κ1) is 10.8. The molecule has 75 valence electrons. The molecule has 0 aromatic heterocycles. The fraction of sp³-hybridized carbons (Fsp3) is 0.308. The van der Waals surface area contributed by atoms with Crippen LogP contribution in [0.15, 0.2) is 36.9 Å². The Bertz CT molecular complexity index is 291.